The third-order valence-corrected chi connectivity index (χ3v) is 7.21. The van der Waals surface area contributed by atoms with E-state index in [1.165, 1.54) is 0 Å². The zero-order chi connectivity index (χ0) is 23.7. The van der Waals surface area contributed by atoms with Gasteiger partial charge in [-0.3, -0.25) is 4.79 Å². The smallest absolute Gasteiger partial charge is 0.225 e. The van der Waals surface area contributed by atoms with E-state index in [4.69, 9.17) is 14.5 Å². The molecule has 1 amide bonds. The standard InChI is InChI=1S/C27H34N4O3/c1-27(2)18-20(11-15-34-27)26(32)30-13-9-21(10-14-30)31-24(29-23-8-5-12-28-25(23)31)17-19-6-4-7-22(16-19)33-3/h4-8,12,16,20-21H,9-11,13-15,17-18H2,1-3H3/t20-/m0/s1. The third-order valence-electron chi connectivity index (χ3n) is 7.21. The summed E-state index contributed by atoms with van der Waals surface area (Å²) < 4.78 is 13.5. The molecule has 2 saturated heterocycles. The number of methoxy groups -OCH3 is 1. The van der Waals surface area contributed by atoms with E-state index in [-0.39, 0.29) is 17.6 Å². The van der Waals surface area contributed by atoms with Crippen LogP contribution in [0.15, 0.2) is 42.6 Å². The fraction of sp³-hybridized carbons (Fsp3) is 0.519. The molecule has 7 heteroatoms. The molecule has 0 aliphatic carbocycles. The summed E-state index contributed by atoms with van der Waals surface area (Å²) in [6.45, 7) is 6.37. The Kier molecular flexibility index (Phi) is 6.30. The zero-order valence-corrected chi connectivity index (χ0v) is 20.4. The number of likely N-dealkylation sites (tertiary alicyclic amines) is 1. The van der Waals surface area contributed by atoms with Crippen LogP contribution >= 0.6 is 0 Å². The van der Waals surface area contributed by atoms with E-state index in [0.29, 0.717) is 18.9 Å². The number of amides is 1. The number of benzene rings is 1. The number of aromatic nitrogens is 3. The van der Waals surface area contributed by atoms with Crippen LogP contribution in [0.4, 0.5) is 0 Å². The maximum absolute atomic E-state index is 13.2. The predicted molar refractivity (Wildman–Crippen MR) is 131 cm³/mol. The Morgan fingerprint density at radius 1 is 1.18 bits per heavy atom. The van der Waals surface area contributed by atoms with Crippen molar-refractivity contribution in [1.82, 2.24) is 19.4 Å². The molecule has 180 valence electrons. The lowest BCUT2D eigenvalue weighted by atomic mass is 9.87. The molecule has 0 N–H and O–H groups in total. The van der Waals surface area contributed by atoms with Crippen LogP contribution in [-0.2, 0) is 16.0 Å². The molecule has 2 aliphatic heterocycles. The summed E-state index contributed by atoms with van der Waals surface area (Å²) in [4.78, 5) is 24.9. The predicted octanol–water partition coefficient (Wildman–Crippen LogP) is 4.40. The highest BCUT2D eigenvalue weighted by Gasteiger charge is 2.36. The van der Waals surface area contributed by atoms with E-state index in [1.54, 1.807) is 7.11 Å². The summed E-state index contributed by atoms with van der Waals surface area (Å²) >= 11 is 0. The van der Waals surface area contributed by atoms with Crippen LogP contribution < -0.4 is 4.74 Å². The lowest BCUT2D eigenvalue weighted by molar-refractivity contribution is -0.146. The van der Waals surface area contributed by atoms with Gasteiger partial charge in [0, 0.05) is 44.3 Å². The Morgan fingerprint density at radius 2 is 2.00 bits per heavy atom. The van der Waals surface area contributed by atoms with Crippen LogP contribution in [0.2, 0.25) is 0 Å². The van der Waals surface area contributed by atoms with Crippen molar-refractivity contribution in [2.75, 3.05) is 26.8 Å². The summed E-state index contributed by atoms with van der Waals surface area (Å²) in [6.07, 6.45) is 5.98. The zero-order valence-electron chi connectivity index (χ0n) is 20.4. The summed E-state index contributed by atoms with van der Waals surface area (Å²) in [5.74, 6) is 2.22. The average Bonchev–Trinajstić information content (AvgIpc) is 3.21. The van der Waals surface area contributed by atoms with Crippen molar-refractivity contribution in [2.24, 2.45) is 5.92 Å². The van der Waals surface area contributed by atoms with Crippen molar-refractivity contribution >= 4 is 17.1 Å². The number of carbonyl (C=O) groups excluding carboxylic acids is 1. The number of hydrogen-bond donors (Lipinski definition) is 0. The van der Waals surface area contributed by atoms with Crippen LogP contribution in [0, 0.1) is 5.92 Å². The molecule has 0 spiro atoms. The highest BCUT2D eigenvalue weighted by molar-refractivity contribution is 5.79. The molecule has 5 rings (SSSR count). The van der Waals surface area contributed by atoms with Gasteiger partial charge in [0.1, 0.15) is 17.1 Å². The fourth-order valence-electron chi connectivity index (χ4n) is 5.50. The van der Waals surface area contributed by atoms with Crippen molar-refractivity contribution in [3.8, 4) is 5.75 Å². The maximum atomic E-state index is 13.2. The lowest BCUT2D eigenvalue weighted by Gasteiger charge is -2.39. The molecule has 3 aromatic rings. The maximum Gasteiger partial charge on any atom is 0.225 e. The largest absolute Gasteiger partial charge is 0.497 e. The van der Waals surface area contributed by atoms with Gasteiger partial charge in [-0.1, -0.05) is 12.1 Å². The van der Waals surface area contributed by atoms with Gasteiger partial charge in [-0.15, -0.1) is 0 Å². The second-order valence-corrected chi connectivity index (χ2v) is 10.1. The number of hydrogen-bond acceptors (Lipinski definition) is 5. The molecule has 7 nitrogen and oxygen atoms in total. The number of imidazole rings is 1. The lowest BCUT2D eigenvalue weighted by Crippen LogP contribution is -2.46. The van der Waals surface area contributed by atoms with E-state index in [2.05, 4.69) is 40.4 Å². The van der Waals surface area contributed by atoms with E-state index < -0.39 is 0 Å². The van der Waals surface area contributed by atoms with Gasteiger partial charge in [0.25, 0.3) is 0 Å². The summed E-state index contributed by atoms with van der Waals surface area (Å²) in [5, 5.41) is 0. The highest BCUT2D eigenvalue weighted by Crippen LogP contribution is 2.33. The van der Waals surface area contributed by atoms with Gasteiger partial charge in [-0.25, -0.2) is 9.97 Å². The SMILES string of the molecule is COc1cccc(Cc2nc3cccnc3n2C2CCN(C(=O)[C@H]3CCOC(C)(C)C3)CC2)c1. The Morgan fingerprint density at radius 3 is 2.76 bits per heavy atom. The monoisotopic (exact) mass is 462 g/mol. The van der Waals surface area contributed by atoms with Gasteiger partial charge in [-0.2, -0.15) is 0 Å². The van der Waals surface area contributed by atoms with E-state index in [9.17, 15) is 4.79 Å². The Bertz CT molecular complexity index is 1160. The molecule has 0 radical (unpaired) electrons. The molecule has 1 atom stereocenters. The van der Waals surface area contributed by atoms with Crippen LogP contribution in [0.25, 0.3) is 11.2 Å². The minimum Gasteiger partial charge on any atom is -0.497 e. The van der Waals surface area contributed by atoms with Crippen molar-refractivity contribution in [1.29, 1.82) is 0 Å². The van der Waals surface area contributed by atoms with Gasteiger partial charge in [-0.05, 0) is 69.4 Å². The first kappa shape index (κ1) is 22.8. The molecule has 1 aromatic carbocycles. The Labute approximate surface area is 201 Å². The van der Waals surface area contributed by atoms with Crippen LogP contribution in [0.1, 0.15) is 57.0 Å². The topological polar surface area (TPSA) is 69.5 Å². The second kappa shape index (κ2) is 9.37. The van der Waals surface area contributed by atoms with Crippen molar-refractivity contribution < 1.29 is 14.3 Å². The highest BCUT2D eigenvalue weighted by atomic mass is 16.5. The first-order chi connectivity index (χ1) is 16.4. The molecule has 2 aromatic heterocycles. The van der Waals surface area contributed by atoms with Gasteiger partial charge < -0.3 is 18.9 Å². The summed E-state index contributed by atoms with van der Waals surface area (Å²) in [7, 11) is 1.69. The number of nitrogens with zero attached hydrogens (tertiary/aromatic N) is 4. The molecule has 0 unspecified atom stereocenters. The molecular weight excluding hydrogens is 428 g/mol. The first-order valence-electron chi connectivity index (χ1n) is 12.3. The van der Waals surface area contributed by atoms with Gasteiger partial charge in [0.15, 0.2) is 5.65 Å². The summed E-state index contributed by atoms with van der Waals surface area (Å²) in [6, 6.07) is 12.4. The second-order valence-electron chi connectivity index (χ2n) is 10.1. The number of ether oxygens (including phenoxy) is 2. The molecule has 0 bridgehead atoms. The first-order valence-corrected chi connectivity index (χ1v) is 12.3. The summed E-state index contributed by atoms with van der Waals surface area (Å²) in [5.41, 5.74) is 2.79. The van der Waals surface area contributed by atoms with Crippen molar-refractivity contribution in [3.63, 3.8) is 0 Å². The molecule has 2 fully saturated rings. The van der Waals surface area contributed by atoms with Gasteiger partial charge in [0.05, 0.1) is 12.7 Å². The number of carbonyl (C=O) groups is 1. The minimum atomic E-state index is -0.215. The van der Waals surface area contributed by atoms with Crippen LogP contribution in [-0.4, -0.2) is 57.7 Å². The Balaban J connectivity index is 1.34. The quantitative estimate of drug-likeness (QED) is 0.562. The number of piperidine rings is 1. The minimum absolute atomic E-state index is 0.0691. The van der Waals surface area contributed by atoms with Crippen molar-refractivity contribution in [2.45, 2.75) is 57.6 Å². The third kappa shape index (κ3) is 4.67. The van der Waals surface area contributed by atoms with Crippen LogP contribution in [0.3, 0.4) is 0 Å². The van der Waals surface area contributed by atoms with Crippen molar-refractivity contribution in [3.05, 3.63) is 54.0 Å². The van der Waals surface area contributed by atoms with E-state index >= 15 is 0 Å². The molecule has 4 heterocycles. The molecule has 34 heavy (non-hydrogen) atoms. The van der Waals surface area contributed by atoms with Gasteiger partial charge >= 0.3 is 0 Å². The van der Waals surface area contributed by atoms with E-state index in [1.807, 2.05) is 30.5 Å². The number of rotatable bonds is 5. The van der Waals surface area contributed by atoms with Crippen LogP contribution in [0.5, 0.6) is 5.75 Å². The molecule has 0 saturated carbocycles. The molecule has 2 aliphatic rings. The molecular formula is C27H34N4O3. The Hall–Kier alpha value is -2.93. The number of fused-ring (bicyclic) bond motifs is 1. The normalized spacial score (nSPS) is 21.0. The number of pyridine rings is 1. The van der Waals surface area contributed by atoms with Gasteiger partial charge in [0.2, 0.25) is 5.91 Å². The van der Waals surface area contributed by atoms with E-state index in [0.717, 1.165) is 67.1 Å². The average molecular weight is 463 g/mol. The fourth-order valence-corrected chi connectivity index (χ4v) is 5.50.